The maximum absolute atomic E-state index is 14.1. The number of carboxylic acids is 2. The first-order chi connectivity index (χ1) is 30.5. The van der Waals surface area contributed by atoms with Crippen LogP contribution in [-0.4, -0.2) is 51.7 Å². The zero-order chi connectivity index (χ0) is 45.1. The van der Waals surface area contributed by atoms with Gasteiger partial charge in [0.1, 0.15) is 23.0 Å². The summed E-state index contributed by atoms with van der Waals surface area (Å²) in [5, 5.41) is 34.4. The van der Waals surface area contributed by atoms with E-state index in [4.69, 9.17) is 9.47 Å². The van der Waals surface area contributed by atoms with Gasteiger partial charge >= 0.3 is 11.9 Å². The van der Waals surface area contributed by atoms with Crippen molar-refractivity contribution in [3.63, 3.8) is 0 Å². The molecule has 63 heavy (non-hydrogen) atoms. The summed E-state index contributed by atoms with van der Waals surface area (Å²) < 4.78 is 12.5. The molecule has 0 radical (unpaired) electrons. The number of hydrogen-bond donors (Lipinski definition) is 4. The third kappa shape index (κ3) is 13.8. The SMILES string of the molecule is CCCCCCCCCCCCCCCc1cccc(OC(CC)C(=O)Nc2ccc(Oc3cc(C(=O)N(CC)c4cc(C(=O)O)cc(C(=O)O)c4)c(O)c4ccccc34)cc2)c1. The normalized spacial score (nSPS) is 11.5. The highest BCUT2D eigenvalue weighted by Gasteiger charge is 2.25. The van der Waals surface area contributed by atoms with E-state index in [2.05, 4.69) is 18.3 Å². The van der Waals surface area contributed by atoms with Crippen molar-refractivity contribution in [2.45, 2.75) is 123 Å². The second-order valence-electron chi connectivity index (χ2n) is 16.0. The van der Waals surface area contributed by atoms with Crippen LogP contribution < -0.4 is 19.7 Å². The van der Waals surface area contributed by atoms with Gasteiger partial charge in [-0.2, -0.15) is 0 Å². The third-order valence-electron chi connectivity index (χ3n) is 11.3. The molecule has 1 unspecified atom stereocenters. The number of hydrogen-bond acceptors (Lipinski definition) is 7. The van der Waals surface area contributed by atoms with Gasteiger partial charge in [-0.25, -0.2) is 9.59 Å². The van der Waals surface area contributed by atoms with Gasteiger partial charge in [0, 0.05) is 28.7 Å². The molecule has 11 heteroatoms. The molecule has 0 spiro atoms. The fraction of sp³-hybridized carbons (Fsp3) is 0.385. The summed E-state index contributed by atoms with van der Waals surface area (Å²) in [5.74, 6) is -2.71. The van der Waals surface area contributed by atoms with Crippen molar-refractivity contribution in [3.05, 3.63) is 119 Å². The van der Waals surface area contributed by atoms with E-state index in [1.165, 1.54) is 106 Å². The Balaban J connectivity index is 1.17. The van der Waals surface area contributed by atoms with Gasteiger partial charge < -0.3 is 35.0 Å². The topological polar surface area (TPSA) is 163 Å². The number of ether oxygens (including phenoxy) is 2. The van der Waals surface area contributed by atoms with Crippen LogP contribution in [0.25, 0.3) is 10.8 Å². The average Bonchev–Trinajstić information content (AvgIpc) is 3.28. The summed E-state index contributed by atoms with van der Waals surface area (Å²) in [6.07, 6.45) is 17.9. The van der Waals surface area contributed by atoms with Gasteiger partial charge in [-0.05, 0) is 92.4 Å². The number of phenolic OH excluding ortho intramolecular Hbond substituents is 1. The first-order valence-electron chi connectivity index (χ1n) is 22.6. The molecule has 2 amide bonds. The maximum atomic E-state index is 14.1. The van der Waals surface area contributed by atoms with Gasteiger partial charge in [-0.1, -0.05) is 127 Å². The molecule has 0 aliphatic rings. The molecule has 0 aliphatic heterocycles. The third-order valence-corrected chi connectivity index (χ3v) is 11.3. The van der Waals surface area contributed by atoms with Crippen molar-refractivity contribution in [1.29, 1.82) is 0 Å². The molecule has 334 valence electrons. The Labute approximate surface area is 371 Å². The number of nitrogens with one attached hydrogen (secondary N) is 1. The van der Waals surface area contributed by atoms with Crippen LogP contribution in [0.3, 0.4) is 0 Å². The number of nitrogens with zero attached hydrogens (tertiary/aromatic N) is 1. The number of fused-ring (bicyclic) bond motifs is 1. The van der Waals surface area contributed by atoms with Crippen LogP contribution in [0.15, 0.2) is 97.1 Å². The zero-order valence-corrected chi connectivity index (χ0v) is 36.9. The van der Waals surface area contributed by atoms with Crippen LogP contribution >= 0.6 is 0 Å². The minimum Gasteiger partial charge on any atom is -0.506 e. The number of carbonyl (C=O) groups is 4. The zero-order valence-electron chi connectivity index (χ0n) is 36.9. The van der Waals surface area contributed by atoms with Gasteiger partial charge in [0.15, 0.2) is 6.10 Å². The van der Waals surface area contributed by atoms with E-state index >= 15 is 0 Å². The number of phenols is 1. The second kappa shape index (κ2) is 24.3. The lowest BCUT2D eigenvalue weighted by molar-refractivity contribution is -0.122. The van der Waals surface area contributed by atoms with Gasteiger partial charge in [-0.3, -0.25) is 9.59 Å². The van der Waals surface area contributed by atoms with E-state index in [1.54, 1.807) is 55.5 Å². The highest BCUT2D eigenvalue weighted by molar-refractivity contribution is 6.13. The lowest BCUT2D eigenvalue weighted by Gasteiger charge is -2.23. The summed E-state index contributed by atoms with van der Waals surface area (Å²) in [5.41, 5.74) is 1.02. The number of aromatic carboxylic acids is 2. The summed E-state index contributed by atoms with van der Waals surface area (Å²) >= 11 is 0. The largest absolute Gasteiger partial charge is 0.506 e. The lowest BCUT2D eigenvalue weighted by atomic mass is 10.0. The number of amides is 2. The van der Waals surface area contributed by atoms with E-state index in [1.807, 2.05) is 25.1 Å². The van der Waals surface area contributed by atoms with Crippen LogP contribution in [0.1, 0.15) is 147 Å². The Bertz CT molecular complexity index is 2270. The van der Waals surface area contributed by atoms with E-state index in [-0.39, 0.29) is 46.3 Å². The summed E-state index contributed by atoms with van der Waals surface area (Å²) in [6, 6.07) is 26.4. The first kappa shape index (κ1) is 47.7. The monoisotopic (exact) mass is 858 g/mol. The second-order valence-corrected chi connectivity index (χ2v) is 16.0. The molecule has 0 bridgehead atoms. The Morgan fingerprint density at radius 1 is 0.635 bits per heavy atom. The maximum Gasteiger partial charge on any atom is 0.335 e. The quantitative estimate of drug-likeness (QED) is 0.0396. The van der Waals surface area contributed by atoms with Crippen molar-refractivity contribution in [2.75, 3.05) is 16.8 Å². The van der Waals surface area contributed by atoms with Crippen LogP contribution in [0, 0.1) is 0 Å². The Hall–Kier alpha value is -6.36. The molecule has 1 atom stereocenters. The van der Waals surface area contributed by atoms with Gasteiger partial charge in [0.25, 0.3) is 11.8 Å². The van der Waals surface area contributed by atoms with E-state index in [9.17, 15) is 34.5 Å². The molecule has 4 N–H and O–H groups in total. The summed E-state index contributed by atoms with van der Waals surface area (Å²) in [4.78, 5) is 52.3. The van der Waals surface area contributed by atoms with Crippen molar-refractivity contribution in [1.82, 2.24) is 0 Å². The molecule has 0 aliphatic carbocycles. The van der Waals surface area contributed by atoms with Crippen molar-refractivity contribution in [2.24, 2.45) is 0 Å². The molecule has 0 aromatic heterocycles. The Morgan fingerprint density at radius 2 is 1.22 bits per heavy atom. The molecule has 0 saturated heterocycles. The molecule has 5 aromatic rings. The van der Waals surface area contributed by atoms with Crippen molar-refractivity contribution >= 4 is 45.9 Å². The standard InChI is InChI=1S/C52H62N2O9/c1-4-7-8-9-10-11-12-13-14-15-16-17-18-22-36-23-21-24-42(31-36)63-46(5-2)49(56)53-39-27-29-41(30-28-39)62-47-35-45(48(55)44-26-20-19-25-43(44)47)50(57)54(6-3)40-33-37(51(58)59)32-38(34-40)52(60)61/h19-21,23-35,46,55H,4-18,22H2,1-3H3,(H,53,56)(H,58,59)(H,60,61). The van der Waals surface area contributed by atoms with Crippen molar-refractivity contribution in [3.8, 4) is 23.0 Å². The number of carbonyl (C=O) groups excluding carboxylic acids is 2. The van der Waals surface area contributed by atoms with Crippen LogP contribution in [0.4, 0.5) is 11.4 Å². The number of unbranched alkanes of at least 4 members (excludes halogenated alkanes) is 12. The Kier molecular flexibility index (Phi) is 18.4. The fourth-order valence-corrected chi connectivity index (χ4v) is 7.74. The summed E-state index contributed by atoms with van der Waals surface area (Å²) in [7, 11) is 0. The molecule has 5 rings (SSSR count). The number of anilines is 2. The highest BCUT2D eigenvalue weighted by atomic mass is 16.5. The smallest absolute Gasteiger partial charge is 0.335 e. The molecule has 11 nitrogen and oxygen atoms in total. The molecular weight excluding hydrogens is 797 g/mol. The molecule has 0 fully saturated rings. The number of aryl methyl sites for hydroxylation is 1. The molecular formula is C52H62N2O9. The fourth-order valence-electron chi connectivity index (χ4n) is 7.74. The highest BCUT2D eigenvalue weighted by Crippen LogP contribution is 2.39. The van der Waals surface area contributed by atoms with Gasteiger partial charge in [0.05, 0.1) is 16.7 Å². The number of aromatic hydroxyl groups is 1. The van der Waals surface area contributed by atoms with Gasteiger partial charge in [-0.15, -0.1) is 0 Å². The minimum atomic E-state index is -1.35. The lowest BCUT2D eigenvalue weighted by Crippen LogP contribution is -2.32. The molecule has 0 saturated carbocycles. The Morgan fingerprint density at radius 3 is 1.79 bits per heavy atom. The molecule has 0 heterocycles. The number of rotatable bonds is 26. The minimum absolute atomic E-state index is 0.0342. The first-order valence-corrected chi connectivity index (χ1v) is 22.6. The van der Waals surface area contributed by atoms with E-state index < -0.39 is 23.9 Å². The van der Waals surface area contributed by atoms with Crippen molar-refractivity contribution < 1.29 is 44.0 Å². The number of carboxylic acid groups (broad SMARTS) is 2. The van der Waals surface area contributed by atoms with Gasteiger partial charge in [0.2, 0.25) is 0 Å². The predicted molar refractivity (Wildman–Crippen MR) is 249 cm³/mol. The number of benzene rings is 5. The van der Waals surface area contributed by atoms with E-state index in [0.717, 1.165) is 18.9 Å². The summed E-state index contributed by atoms with van der Waals surface area (Å²) in [6.45, 7) is 5.85. The predicted octanol–water partition coefficient (Wildman–Crippen LogP) is 12.8. The van der Waals surface area contributed by atoms with Crippen LogP contribution in [-0.2, 0) is 11.2 Å². The van der Waals surface area contributed by atoms with E-state index in [0.29, 0.717) is 34.4 Å². The molecule has 5 aromatic carbocycles. The van der Waals surface area contributed by atoms with Crippen LogP contribution in [0.5, 0.6) is 23.0 Å². The van der Waals surface area contributed by atoms with Crippen LogP contribution in [0.2, 0.25) is 0 Å². The average molecular weight is 859 g/mol.